The van der Waals surface area contributed by atoms with E-state index in [1.165, 1.54) is 18.2 Å². The molecular formula is C58H62F2O9. The number of halogens is 2. The highest BCUT2D eigenvalue weighted by molar-refractivity contribution is 5.76. The van der Waals surface area contributed by atoms with E-state index < -0.39 is 41.9 Å². The molecule has 9 rings (SSSR count). The lowest BCUT2D eigenvalue weighted by Crippen LogP contribution is -2.73. The van der Waals surface area contributed by atoms with Gasteiger partial charge in [-0.3, -0.25) is 0 Å². The first-order valence-corrected chi connectivity index (χ1v) is 23.9. The van der Waals surface area contributed by atoms with Crippen molar-refractivity contribution in [2.24, 2.45) is 11.8 Å². The molecule has 0 bridgehead atoms. The van der Waals surface area contributed by atoms with E-state index in [9.17, 15) is 9.90 Å². The van der Waals surface area contributed by atoms with Gasteiger partial charge in [0.15, 0.2) is 6.10 Å². The summed E-state index contributed by atoms with van der Waals surface area (Å²) in [6.07, 6.45) is -2.95. The van der Waals surface area contributed by atoms with Gasteiger partial charge in [0.1, 0.15) is 18.3 Å². The molecule has 0 unspecified atom stereocenters. The van der Waals surface area contributed by atoms with Gasteiger partial charge in [0, 0.05) is 28.5 Å². The van der Waals surface area contributed by atoms with Gasteiger partial charge in [0.2, 0.25) is 5.79 Å². The smallest absolute Gasteiger partial charge is 0.338 e. The average molecular weight is 941 g/mol. The Morgan fingerprint density at radius 2 is 0.928 bits per heavy atom. The molecule has 9 nitrogen and oxygen atoms in total. The summed E-state index contributed by atoms with van der Waals surface area (Å²) in [7, 11) is 0. The summed E-state index contributed by atoms with van der Waals surface area (Å²) in [6, 6.07) is 53.2. The zero-order chi connectivity index (χ0) is 48.4. The third-order valence-corrected chi connectivity index (χ3v) is 13.5. The normalized spacial score (nSPS) is 28.2. The van der Waals surface area contributed by atoms with Crippen LogP contribution in [0.25, 0.3) is 0 Å². The Hall–Kier alpha value is -5.63. The quantitative estimate of drug-likeness (QED) is 0.101. The van der Waals surface area contributed by atoms with Crippen LogP contribution in [0.1, 0.15) is 79.5 Å². The summed E-state index contributed by atoms with van der Waals surface area (Å²) in [5, 5.41) is 12.3. The number of carbonyl (C=O) groups excluding carboxylic acids is 1. The van der Waals surface area contributed by atoms with Crippen LogP contribution in [-0.2, 0) is 76.1 Å². The fourth-order valence-corrected chi connectivity index (χ4v) is 9.65. The number of carbonyl (C=O) groups is 1. The van der Waals surface area contributed by atoms with E-state index >= 15 is 8.78 Å². The number of hydrogen-bond acceptors (Lipinski definition) is 9. The fourth-order valence-electron chi connectivity index (χ4n) is 9.65. The van der Waals surface area contributed by atoms with Crippen LogP contribution in [0.2, 0.25) is 0 Å². The summed E-state index contributed by atoms with van der Waals surface area (Å²) < 4.78 is 77.9. The van der Waals surface area contributed by atoms with Crippen LogP contribution < -0.4 is 0 Å². The number of esters is 1. The number of alkyl halides is 2. The lowest BCUT2D eigenvalue weighted by atomic mass is 9.76. The van der Waals surface area contributed by atoms with Crippen LogP contribution in [0, 0.1) is 11.8 Å². The molecular weight excluding hydrogens is 879 g/mol. The molecule has 11 heteroatoms. The average Bonchev–Trinajstić information content (AvgIpc) is 3.39. The van der Waals surface area contributed by atoms with Crippen molar-refractivity contribution < 1.29 is 51.8 Å². The second kappa shape index (κ2) is 22.4. The number of cyclic esters (lactones) is 1. The molecule has 6 aromatic carbocycles. The van der Waals surface area contributed by atoms with E-state index in [2.05, 4.69) is 6.92 Å². The van der Waals surface area contributed by atoms with Gasteiger partial charge in [0.25, 0.3) is 5.79 Å². The second-order valence-electron chi connectivity index (χ2n) is 18.0. The maximum atomic E-state index is 17.2. The summed E-state index contributed by atoms with van der Waals surface area (Å²) in [5.74, 6) is -9.30. The molecule has 362 valence electrons. The van der Waals surface area contributed by atoms with Crippen LogP contribution in [0.5, 0.6) is 0 Å². The van der Waals surface area contributed by atoms with E-state index in [4.69, 9.17) is 33.2 Å². The van der Waals surface area contributed by atoms with Crippen molar-refractivity contribution in [1.82, 2.24) is 0 Å². The first-order chi connectivity index (χ1) is 33.5. The molecule has 0 radical (unpaired) electrons. The largest absolute Gasteiger partial charge is 0.460 e. The number of fused-ring (bicyclic) bond motifs is 1. The molecule has 2 saturated heterocycles. The van der Waals surface area contributed by atoms with Crippen LogP contribution in [0.15, 0.2) is 176 Å². The van der Waals surface area contributed by atoms with Gasteiger partial charge in [-0.05, 0) is 35.1 Å². The number of hydrogen-bond donors (Lipinski definition) is 1. The van der Waals surface area contributed by atoms with E-state index in [-0.39, 0.29) is 54.4 Å². The Kier molecular flexibility index (Phi) is 16.2. The Labute approximate surface area is 404 Å². The monoisotopic (exact) mass is 940 g/mol. The molecule has 1 N–H and O–H groups in total. The molecule has 0 aromatic heterocycles. The molecule has 0 amide bonds. The lowest BCUT2D eigenvalue weighted by molar-refractivity contribution is -0.479. The molecule has 0 saturated carbocycles. The fraction of sp³-hybridized carbons (Fsp3) is 0.362. The third kappa shape index (κ3) is 10.8. The lowest BCUT2D eigenvalue weighted by Gasteiger charge is -2.58. The first-order valence-electron chi connectivity index (χ1n) is 23.9. The second-order valence-corrected chi connectivity index (χ2v) is 18.0. The van der Waals surface area contributed by atoms with Crippen LogP contribution >= 0.6 is 0 Å². The number of rotatable bonds is 15. The molecule has 2 fully saturated rings. The molecule has 3 aliphatic rings. The predicted molar refractivity (Wildman–Crippen MR) is 257 cm³/mol. The topological polar surface area (TPSA) is 102 Å². The molecule has 69 heavy (non-hydrogen) atoms. The summed E-state index contributed by atoms with van der Waals surface area (Å²) >= 11 is 0. The van der Waals surface area contributed by atoms with E-state index in [1.807, 2.05) is 142 Å². The molecule has 1 spiro atoms. The number of aliphatic hydroxyl groups is 1. The molecule has 10 atom stereocenters. The maximum absolute atomic E-state index is 17.2. The number of ether oxygens (including phenoxy) is 7. The van der Waals surface area contributed by atoms with Crippen molar-refractivity contribution in [2.45, 2.75) is 121 Å². The summed E-state index contributed by atoms with van der Waals surface area (Å²) in [6.45, 7) is 8.89. The van der Waals surface area contributed by atoms with Crippen molar-refractivity contribution in [3.05, 3.63) is 215 Å². The minimum atomic E-state index is -3.73. The van der Waals surface area contributed by atoms with E-state index in [0.29, 0.717) is 25.2 Å². The molecule has 0 aliphatic carbocycles. The predicted octanol–water partition coefficient (Wildman–Crippen LogP) is 11.4. The van der Waals surface area contributed by atoms with Crippen molar-refractivity contribution in [2.75, 3.05) is 0 Å². The molecule has 6 aromatic rings. The van der Waals surface area contributed by atoms with Gasteiger partial charge in [-0.2, -0.15) is 8.78 Å². The number of benzene rings is 6. The molecule has 3 heterocycles. The van der Waals surface area contributed by atoms with Crippen molar-refractivity contribution in [1.29, 1.82) is 0 Å². The summed E-state index contributed by atoms with van der Waals surface area (Å²) in [5.41, 5.74) is 3.66. The first kappa shape index (κ1) is 49.8. The van der Waals surface area contributed by atoms with Crippen LogP contribution in [0.4, 0.5) is 8.78 Å². The Balaban J connectivity index is 0.000000211. The van der Waals surface area contributed by atoms with Crippen LogP contribution in [-0.4, -0.2) is 53.5 Å². The van der Waals surface area contributed by atoms with Crippen molar-refractivity contribution in [3.63, 3.8) is 0 Å². The maximum Gasteiger partial charge on any atom is 0.338 e. The van der Waals surface area contributed by atoms with Crippen LogP contribution in [0.3, 0.4) is 0 Å². The van der Waals surface area contributed by atoms with Gasteiger partial charge < -0.3 is 38.3 Å². The zero-order valence-electron chi connectivity index (χ0n) is 39.6. The highest BCUT2D eigenvalue weighted by atomic mass is 19.3. The SMILES string of the molecule is CC[C@H]1OC(=O)[C@H](OCc2ccccc2)[C@@H](OCc2ccccc2)[C@@H]1C.CC[C@H]1O[C@]2(O[C@@](O)(c3ccccc3)c3ccccc3C2(F)F)[C@H](OCc2ccccc2)[C@@H](OCc2ccccc2)[C@@H]1C. The Morgan fingerprint density at radius 3 is 1.42 bits per heavy atom. The minimum Gasteiger partial charge on any atom is -0.460 e. The highest BCUT2D eigenvalue weighted by Gasteiger charge is 2.74. The molecule has 3 aliphatic heterocycles. The van der Waals surface area contributed by atoms with Crippen molar-refractivity contribution >= 4 is 5.97 Å². The third-order valence-electron chi connectivity index (χ3n) is 13.5. The standard InChI is InChI=1S/C36H36F2O5.C22H26O4/c1-3-31-25(2)32(40-23-26-15-7-4-8-16-26)33(41-24-27-17-9-5-10-18-27)36(42-31)35(37,38)30-22-14-13-21-29(30)34(39,43-36)28-19-11-6-12-20-28;1-3-19-16(2)20(24-14-17-10-6-4-7-11-17)21(22(23)26-19)25-15-18-12-8-5-9-13-18/h4-22,25,31-33,39H,3,23-24H2,1-2H3;4-13,16,19-21H,3,14-15H2,1-2H3/t25-,31-,32+,33-,34+,36+;16-,19-,20+,21-/m11/s1. The van der Waals surface area contributed by atoms with E-state index in [0.717, 1.165) is 28.7 Å². The Bertz CT molecular complexity index is 2520. The van der Waals surface area contributed by atoms with Gasteiger partial charge in [-0.25, -0.2) is 4.79 Å². The summed E-state index contributed by atoms with van der Waals surface area (Å²) in [4.78, 5) is 12.5. The van der Waals surface area contributed by atoms with Gasteiger partial charge in [-0.15, -0.1) is 0 Å². The zero-order valence-corrected chi connectivity index (χ0v) is 39.6. The minimum absolute atomic E-state index is 0.0101. The van der Waals surface area contributed by atoms with Gasteiger partial charge in [-0.1, -0.05) is 204 Å². The van der Waals surface area contributed by atoms with Crippen molar-refractivity contribution in [3.8, 4) is 0 Å². The highest BCUT2D eigenvalue weighted by Crippen LogP contribution is 2.59. The van der Waals surface area contributed by atoms with Gasteiger partial charge >= 0.3 is 11.9 Å². The Morgan fingerprint density at radius 1 is 0.522 bits per heavy atom. The van der Waals surface area contributed by atoms with E-state index in [1.54, 1.807) is 36.4 Å². The van der Waals surface area contributed by atoms with Gasteiger partial charge in [0.05, 0.1) is 38.6 Å².